The number of nitrogens with zero attached hydrogens (tertiary/aromatic N) is 1. The number of piperidine rings is 1. The minimum atomic E-state index is -0.382. The van der Waals surface area contributed by atoms with Crippen molar-refractivity contribution in [3.63, 3.8) is 0 Å². The molecule has 2 aromatic rings. The first kappa shape index (κ1) is 22.1. The Hall–Kier alpha value is -2.60. The summed E-state index contributed by atoms with van der Waals surface area (Å²) >= 11 is 0. The Morgan fingerprint density at radius 1 is 1.20 bits per heavy atom. The number of methoxy groups -OCH3 is 1. The summed E-state index contributed by atoms with van der Waals surface area (Å²) in [5.41, 5.74) is 1.21. The average molecular weight is 413 g/mol. The van der Waals surface area contributed by atoms with Crippen LogP contribution in [0.1, 0.15) is 49.5 Å². The van der Waals surface area contributed by atoms with Crippen LogP contribution in [0.4, 0.5) is 0 Å². The lowest BCUT2D eigenvalue weighted by Crippen LogP contribution is -2.50. The lowest BCUT2D eigenvalue weighted by atomic mass is 9.80. The van der Waals surface area contributed by atoms with Crippen LogP contribution in [0.3, 0.4) is 0 Å². The number of rotatable bonds is 7. The zero-order valence-electron chi connectivity index (χ0n) is 18.4. The minimum absolute atomic E-state index is 0.124. The van der Waals surface area contributed by atoms with Crippen molar-refractivity contribution in [2.24, 2.45) is 5.41 Å². The second-order valence-electron chi connectivity index (χ2n) is 8.15. The molecule has 2 aromatic carbocycles. The SMILES string of the molecule is CCNC(=O)C1(C)CCCN(Cc2cccc3c(OC)cc(C(=O)OCC)cc23)C1. The highest BCUT2D eigenvalue weighted by molar-refractivity contribution is 5.99. The Bertz CT molecular complexity index is 927. The number of carbonyl (C=O) groups is 2. The Morgan fingerprint density at radius 3 is 2.70 bits per heavy atom. The fourth-order valence-corrected chi connectivity index (χ4v) is 4.33. The molecule has 30 heavy (non-hydrogen) atoms. The number of carbonyl (C=O) groups excluding carboxylic acids is 2. The van der Waals surface area contributed by atoms with Gasteiger partial charge in [0.2, 0.25) is 5.91 Å². The van der Waals surface area contributed by atoms with Crippen LogP contribution in [0, 0.1) is 5.41 Å². The molecule has 3 rings (SSSR count). The van der Waals surface area contributed by atoms with Gasteiger partial charge < -0.3 is 14.8 Å². The van der Waals surface area contributed by atoms with Crippen molar-refractivity contribution < 1.29 is 19.1 Å². The fourth-order valence-electron chi connectivity index (χ4n) is 4.33. The van der Waals surface area contributed by atoms with Crippen molar-refractivity contribution in [1.29, 1.82) is 0 Å². The molecular weight excluding hydrogens is 380 g/mol. The van der Waals surface area contributed by atoms with E-state index in [4.69, 9.17) is 9.47 Å². The van der Waals surface area contributed by atoms with Gasteiger partial charge in [0.05, 0.1) is 24.7 Å². The number of esters is 1. The van der Waals surface area contributed by atoms with E-state index < -0.39 is 0 Å². The van der Waals surface area contributed by atoms with Gasteiger partial charge in [0.25, 0.3) is 0 Å². The molecule has 162 valence electrons. The molecule has 1 N–H and O–H groups in total. The standard InChI is InChI=1S/C24H32N2O4/c1-5-25-23(28)24(3)11-8-12-26(16-24)15-17-9-7-10-19-20(17)13-18(14-21(19)29-4)22(27)30-6-2/h7,9-10,13-14H,5-6,8,11-12,15-16H2,1-4H3,(H,25,28). The molecule has 1 atom stereocenters. The van der Waals surface area contributed by atoms with Gasteiger partial charge in [0, 0.05) is 25.0 Å². The number of fused-ring (bicyclic) bond motifs is 1. The second kappa shape index (κ2) is 9.47. The van der Waals surface area contributed by atoms with Crippen LogP contribution in [0.2, 0.25) is 0 Å². The van der Waals surface area contributed by atoms with Crippen LogP contribution in [0.25, 0.3) is 10.8 Å². The molecule has 6 heteroatoms. The second-order valence-corrected chi connectivity index (χ2v) is 8.15. The quantitative estimate of drug-likeness (QED) is 0.702. The lowest BCUT2D eigenvalue weighted by Gasteiger charge is -2.39. The van der Waals surface area contributed by atoms with Gasteiger partial charge in [-0.2, -0.15) is 0 Å². The fraction of sp³-hybridized carbons (Fsp3) is 0.500. The Labute approximate surface area is 178 Å². The molecule has 0 bridgehead atoms. The first-order valence-electron chi connectivity index (χ1n) is 10.7. The van der Waals surface area contributed by atoms with E-state index in [-0.39, 0.29) is 17.3 Å². The summed E-state index contributed by atoms with van der Waals surface area (Å²) in [5, 5.41) is 4.92. The summed E-state index contributed by atoms with van der Waals surface area (Å²) in [6.45, 7) is 9.14. The highest BCUT2D eigenvalue weighted by Gasteiger charge is 2.37. The van der Waals surface area contributed by atoms with Crippen molar-refractivity contribution in [3.8, 4) is 5.75 Å². The normalized spacial score (nSPS) is 19.5. The van der Waals surface area contributed by atoms with E-state index in [0.29, 0.717) is 37.6 Å². The summed E-state index contributed by atoms with van der Waals surface area (Å²) in [7, 11) is 1.61. The summed E-state index contributed by atoms with van der Waals surface area (Å²) in [5.74, 6) is 0.427. The highest BCUT2D eigenvalue weighted by Crippen LogP contribution is 2.34. The molecule has 1 unspecified atom stereocenters. The molecule has 0 saturated carbocycles. The molecule has 1 aliphatic rings. The molecule has 0 spiro atoms. The van der Waals surface area contributed by atoms with Crippen LogP contribution >= 0.6 is 0 Å². The van der Waals surface area contributed by atoms with E-state index in [9.17, 15) is 9.59 Å². The molecule has 1 heterocycles. The van der Waals surface area contributed by atoms with Crippen LogP contribution in [-0.2, 0) is 16.1 Å². The van der Waals surface area contributed by atoms with E-state index >= 15 is 0 Å². The first-order valence-corrected chi connectivity index (χ1v) is 10.7. The van der Waals surface area contributed by atoms with Crippen LogP contribution in [0.15, 0.2) is 30.3 Å². The summed E-state index contributed by atoms with van der Waals surface area (Å²) < 4.78 is 10.8. The van der Waals surface area contributed by atoms with Gasteiger partial charge in [0.1, 0.15) is 5.75 Å². The van der Waals surface area contributed by atoms with Gasteiger partial charge in [-0.05, 0) is 63.2 Å². The first-order chi connectivity index (χ1) is 14.4. The van der Waals surface area contributed by atoms with Crippen molar-refractivity contribution in [3.05, 3.63) is 41.5 Å². The van der Waals surface area contributed by atoms with Gasteiger partial charge in [-0.3, -0.25) is 9.69 Å². The number of nitrogens with one attached hydrogen (secondary N) is 1. The number of amides is 1. The molecular formula is C24H32N2O4. The zero-order valence-corrected chi connectivity index (χ0v) is 18.4. The number of likely N-dealkylation sites (tertiary alicyclic amines) is 1. The minimum Gasteiger partial charge on any atom is -0.496 e. The largest absolute Gasteiger partial charge is 0.496 e. The zero-order chi connectivity index (χ0) is 21.7. The molecule has 1 amide bonds. The van der Waals surface area contributed by atoms with Crippen molar-refractivity contribution >= 4 is 22.6 Å². The van der Waals surface area contributed by atoms with E-state index in [0.717, 1.165) is 35.7 Å². The Morgan fingerprint density at radius 2 is 2.00 bits per heavy atom. The molecule has 0 aliphatic carbocycles. The molecule has 6 nitrogen and oxygen atoms in total. The maximum Gasteiger partial charge on any atom is 0.338 e. The van der Waals surface area contributed by atoms with Gasteiger partial charge in [-0.25, -0.2) is 4.79 Å². The third kappa shape index (κ3) is 4.59. The molecule has 1 aliphatic heterocycles. The molecule has 1 fully saturated rings. The molecule has 0 radical (unpaired) electrons. The number of hydrogen-bond donors (Lipinski definition) is 1. The van der Waals surface area contributed by atoms with Crippen molar-refractivity contribution in [2.75, 3.05) is 33.4 Å². The third-order valence-electron chi connectivity index (χ3n) is 5.83. The van der Waals surface area contributed by atoms with Gasteiger partial charge in [0.15, 0.2) is 0 Å². The van der Waals surface area contributed by atoms with Gasteiger partial charge in [-0.1, -0.05) is 18.2 Å². The summed E-state index contributed by atoms with van der Waals surface area (Å²) in [6.07, 6.45) is 1.88. The summed E-state index contributed by atoms with van der Waals surface area (Å²) in [6, 6.07) is 9.71. The summed E-state index contributed by atoms with van der Waals surface area (Å²) in [4.78, 5) is 27.3. The van der Waals surface area contributed by atoms with Crippen LogP contribution in [-0.4, -0.2) is 50.1 Å². The monoisotopic (exact) mass is 412 g/mol. The van der Waals surface area contributed by atoms with E-state index in [1.165, 1.54) is 0 Å². The maximum absolute atomic E-state index is 12.6. The molecule has 1 saturated heterocycles. The third-order valence-corrected chi connectivity index (χ3v) is 5.83. The predicted molar refractivity (Wildman–Crippen MR) is 118 cm³/mol. The number of benzene rings is 2. The molecule has 0 aromatic heterocycles. The van der Waals surface area contributed by atoms with Gasteiger partial charge >= 0.3 is 5.97 Å². The van der Waals surface area contributed by atoms with E-state index in [1.54, 1.807) is 20.1 Å². The number of hydrogen-bond acceptors (Lipinski definition) is 5. The van der Waals surface area contributed by atoms with Gasteiger partial charge in [-0.15, -0.1) is 0 Å². The average Bonchev–Trinajstić information content (AvgIpc) is 2.73. The van der Waals surface area contributed by atoms with Crippen LogP contribution in [0.5, 0.6) is 5.75 Å². The highest BCUT2D eigenvalue weighted by atomic mass is 16.5. The number of ether oxygens (including phenoxy) is 2. The van der Waals surface area contributed by atoms with Crippen LogP contribution < -0.4 is 10.1 Å². The smallest absolute Gasteiger partial charge is 0.338 e. The topological polar surface area (TPSA) is 67.9 Å². The lowest BCUT2D eigenvalue weighted by molar-refractivity contribution is -0.133. The van der Waals surface area contributed by atoms with E-state index in [2.05, 4.69) is 23.2 Å². The van der Waals surface area contributed by atoms with Crippen molar-refractivity contribution in [1.82, 2.24) is 10.2 Å². The maximum atomic E-state index is 12.6. The van der Waals surface area contributed by atoms with E-state index in [1.807, 2.05) is 25.1 Å². The van der Waals surface area contributed by atoms with Crippen molar-refractivity contribution in [2.45, 2.75) is 40.2 Å². The predicted octanol–water partition coefficient (Wildman–Crippen LogP) is 3.76. The Kier molecular flexibility index (Phi) is 6.98. The Balaban J connectivity index is 1.93.